The van der Waals surface area contributed by atoms with E-state index in [4.69, 9.17) is 0 Å². The van der Waals surface area contributed by atoms with Crippen LogP contribution in [0.2, 0.25) is 0 Å². The Kier molecular flexibility index (Phi) is 6.98. The predicted octanol–water partition coefficient (Wildman–Crippen LogP) is 3.25. The zero-order valence-corrected chi connectivity index (χ0v) is 19.1. The van der Waals surface area contributed by atoms with Crippen LogP contribution in [0.5, 0.6) is 0 Å². The molecule has 2 aromatic carbocycles. The molecular formula is C25H31N3O2S. The zero-order chi connectivity index (χ0) is 21.8. The van der Waals surface area contributed by atoms with E-state index in [1.54, 1.807) is 18.8 Å². The van der Waals surface area contributed by atoms with Gasteiger partial charge in [-0.05, 0) is 49.1 Å². The highest BCUT2D eigenvalue weighted by Gasteiger charge is 2.31. The maximum Gasteiger partial charge on any atom is 0.246 e. The summed E-state index contributed by atoms with van der Waals surface area (Å²) in [7, 11) is 1.76. The molecule has 2 amide bonds. The summed E-state index contributed by atoms with van der Waals surface area (Å²) in [6.07, 6.45) is 2.09. The van der Waals surface area contributed by atoms with E-state index in [1.165, 1.54) is 22.3 Å². The van der Waals surface area contributed by atoms with Crippen molar-refractivity contribution in [2.24, 2.45) is 0 Å². The largest absolute Gasteiger partial charge is 0.342 e. The molecule has 0 bridgehead atoms. The summed E-state index contributed by atoms with van der Waals surface area (Å²) in [5.74, 6) is 1.70. The molecule has 5 nitrogen and oxygen atoms in total. The molecular weight excluding hydrogens is 406 g/mol. The Bertz CT molecular complexity index is 896. The van der Waals surface area contributed by atoms with Gasteiger partial charge >= 0.3 is 0 Å². The van der Waals surface area contributed by atoms with Crippen molar-refractivity contribution in [1.29, 1.82) is 0 Å². The molecule has 1 aliphatic carbocycles. The molecule has 4 rings (SSSR count). The van der Waals surface area contributed by atoms with E-state index in [2.05, 4.69) is 59.2 Å². The van der Waals surface area contributed by atoms with Crippen LogP contribution in [0.3, 0.4) is 0 Å². The Balaban J connectivity index is 1.46. The number of likely N-dealkylation sites (N-methyl/N-ethyl adjacent to an activating group) is 1. The number of nitrogens with zero attached hydrogens (tertiary/aromatic N) is 1. The quantitative estimate of drug-likeness (QED) is 0.666. The highest BCUT2D eigenvalue weighted by atomic mass is 32.2. The molecule has 2 aromatic rings. The van der Waals surface area contributed by atoms with Crippen molar-refractivity contribution in [3.63, 3.8) is 0 Å². The third kappa shape index (κ3) is 4.65. The maximum atomic E-state index is 13.1. The number of hydrogen-bond donors (Lipinski definition) is 2. The van der Waals surface area contributed by atoms with Crippen LogP contribution in [0.1, 0.15) is 36.8 Å². The summed E-state index contributed by atoms with van der Waals surface area (Å²) in [4.78, 5) is 27.5. The number of thioether (sulfide) groups is 1. The lowest BCUT2D eigenvalue weighted by Crippen LogP contribution is -2.53. The van der Waals surface area contributed by atoms with E-state index < -0.39 is 6.04 Å². The number of fused-ring (bicyclic) bond motifs is 3. The Labute approximate surface area is 189 Å². The second-order valence-corrected chi connectivity index (χ2v) is 9.44. The highest BCUT2D eigenvalue weighted by molar-refractivity contribution is 7.99. The van der Waals surface area contributed by atoms with Gasteiger partial charge in [0.2, 0.25) is 11.8 Å². The molecule has 2 aliphatic rings. The Morgan fingerprint density at radius 2 is 1.61 bits per heavy atom. The van der Waals surface area contributed by atoms with Gasteiger partial charge in [0.1, 0.15) is 6.04 Å². The van der Waals surface area contributed by atoms with Gasteiger partial charge in [0, 0.05) is 30.5 Å². The van der Waals surface area contributed by atoms with Crippen LogP contribution in [0.15, 0.2) is 48.5 Å². The van der Waals surface area contributed by atoms with Crippen LogP contribution in [0.25, 0.3) is 11.1 Å². The van der Waals surface area contributed by atoms with Crippen LogP contribution in [0.4, 0.5) is 0 Å². The third-order valence-electron chi connectivity index (χ3n) is 6.39. The fourth-order valence-electron chi connectivity index (χ4n) is 4.50. The summed E-state index contributed by atoms with van der Waals surface area (Å²) in [5, 5.41) is 5.95. The smallest absolute Gasteiger partial charge is 0.246 e. The Hall–Kier alpha value is -2.31. The molecule has 0 radical (unpaired) electrons. The normalized spacial score (nSPS) is 17.2. The molecule has 1 heterocycles. The minimum atomic E-state index is -0.488. The standard InChI is InChI=1S/C25H31N3O2S/c1-17(26-2)24(29)27-23(25(30)28-13-7-8-14-28)16-31-15-22-20-11-5-3-9-18(20)19-10-4-6-12-21(19)22/h3-6,9-12,17,22-23,26H,7-8,13-16H2,1-2H3,(H,27,29)/t17-,23-/m0/s1. The van der Waals surface area contributed by atoms with Crippen molar-refractivity contribution in [3.05, 3.63) is 59.7 Å². The van der Waals surface area contributed by atoms with E-state index in [9.17, 15) is 9.59 Å². The van der Waals surface area contributed by atoms with Crippen molar-refractivity contribution in [2.45, 2.75) is 37.8 Å². The van der Waals surface area contributed by atoms with Crippen molar-refractivity contribution < 1.29 is 9.59 Å². The number of nitrogens with one attached hydrogen (secondary N) is 2. The second-order valence-electron chi connectivity index (χ2n) is 8.37. The number of hydrogen-bond acceptors (Lipinski definition) is 4. The van der Waals surface area contributed by atoms with Gasteiger partial charge in [0.05, 0.1) is 6.04 Å². The molecule has 0 unspecified atom stereocenters. The second kappa shape index (κ2) is 9.88. The first kappa shape index (κ1) is 21.9. The first-order chi connectivity index (χ1) is 15.1. The topological polar surface area (TPSA) is 61.4 Å². The van der Waals surface area contributed by atoms with E-state index >= 15 is 0 Å². The van der Waals surface area contributed by atoms with E-state index in [1.807, 2.05) is 11.8 Å². The molecule has 2 atom stereocenters. The van der Waals surface area contributed by atoms with Gasteiger partial charge in [-0.1, -0.05) is 48.5 Å². The number of benzene rings is 2. The van der Waals surface area contributed by atoms with Gasteiger partial charge in [-0.15, -0.1) is 0 Å². The minimum Gasteiger partial charge on any atom is -0.342 e. The fourth-order valence-corrected chi connectivity index (χ4v) is 5.70. The van der Waals surface area contributed by atoms with Crippen molar-refractivity contribution in [1.82, 2.24) is 15.5 Å². The van der Waals surface area contributed by atoms with Crippen LogP contribution in [0, 0.1) is 0 Å². The predicted molar refractivity (Wildman–Crippen MR) is 127 cm³/mol. The molecule has 1 saturated heterocycles. The van der Waals surface area contributed by atoms with Gasteiger partial charge in [0.15, 0.2) is 0 Å². The lowest BCUT2D eigenvalue weighted by atomic mass is 9.99. The molecule has 6 heteroatoms. The lowest BCUT2D eigenvalue weighted by Gasteiger charge is -2.25. The van der Waals surface area contributed by atoms with Crippen LogP contribution in [-0.4, -0.2) is 60.4 Å². The molecule has 1 aliphatic heterocycles. The number of likely N-dealkylation sites (tertiary alicyclic amines) is 1. The van der Waals surface area contributed by atoms with Gasteiger partial charge < -0.3 is 15.5 Å². The van der Waals surface area contributed by atoms with E-state index in [0.717, 1.165) is 31.7 Å². The number of rotatable bonds is 8. The third-order valence-corrected chi connectivity index (χ3v) is 7.53. The Morgan fingerprint density at radius 1 is 1.03 bits per heavy atom. The van der Waals surface area contributed by atoms with Crippen LogP contribution >= 0.6 is 11.8 Å². The fraction of sp³-hybridized carbons (Fsp3) is 0.440. The van der Waals surface area contributed by atoms with Crippen molar-refractivity contribution >= 4 is 23.6 Å². The van der Waals surface area contributed by atoms with Crippen LogP contribution < -0.4 is 10.6 Å². The molecule has 31 heavy (non-hydrogen) atoms. The molecule has 0 saturated carbocycles. The monoisotopic (exact) mass is 437 g/mol. The summed E-state index contributed by atoms with van der Waals surface area (Å²) >= 11 is 1.75. The average Bonchev–Trinajstić information content (AvgIpc) is 3.45. The molecule has 0 spiro atoms. The molecule has 164 valence electrons. The lowest BCUT2D eigenvalue weighted by molar-refractivity contribution is -0.135. The maximum absolute atomic E-state index is 13.1. The molecule has 2 N–H and O–H groups in total. The van der Waals surface area contributed by atoms with Crippen molar-refractivity contribution in [2.75, 3.05) is 31.6 Å². The summed E-state index contributed by atoms with van der Waals surface area (Å²) in [6.45, 7) is 3.40. The van der Waals surface area contributed by atoms with Crippen LogP contribution in [-0.2, 0) is 9.59 Å². The molecule has 0 aromatic heterocycles. The highest BCUT2D eigenvalue weighted by Crippen LogP contribution is 2.45. The zero-order valence-electron chi connectivity index (χ0n) is 18.3. The van der Waals surface area contributed by atoms with Gasteiger partial charge in [0.25, 0.3) is 0 Å². The first-order valence-corrected chi connectivity index (χ1v) is 12.3. The molecule has 1 fully saturated rings. The number of carbonyl (C=O) groups is 2. The van der Waals surface area contributed by atoms with E-state index in [-0.39, 0.29) is 17.9 Å². The SMILES string of the molecule is CN[C@@H](C)C(=O)N[C@@H](CSCC1c2ccccc2-c2ccccc21)C(=O)N1CCCC1. The number of amides is 2. The summed E-state index contributed by atoms with van der Waals surface area (Å²) < 4.78 is 0. The minimum absolute atomic E-state index is 0.0499. The Morgan fingerprint density at radius 3 is 2.19 bits per heavy atom. The van der Waals surface area contributed by atoms with Crippen molar-refractivity contribution in [3.8, 4) is 11.1 Å². The average molecular weight is 438 g/mol. The number of carbonyl (C=O) groups excluding carboxylic acids is 2. The van der Waals surface area contributed by atoms with E-state index in [0.29, 0.717) is 11.7 Å². The van der Waals surface area contributed by atoms with Gasteiger partial charge in [-0.3, -0.25) is 9.59 Å². The van der Waals surface area contributed by atoms with Gasteiger partial charge in [-0.2, -0.15) is 11.8 Å². The van der Waals surface area contributed by atoms with Gasteiger partial charge in [-0.25, -0.2) is 0 Å². The summed E-state index contributed by atoms with van der Waals surface area (Å²) in [6, 6.07) is 16.4. The summed E-state index contributed by atoms with van der Waals surface area (Å²) in [5.41, 5.74) is 5.33. The first-order valence-electron chi connectivity index (χ1n) is 11.1.